The van der Waals surface area contributed by atoms with Crippen molar-refractivity contribution >= 4 is 5.97 Å². The highest BCUT2D eigenvalue weighted by Gasteiger charge is 2.84. The Labute approximate surface area is 173 Å². The molecule has 3 aliphatic heterocycles. The molecular formula is C26H31NO2. The zero-order chi connectivity index (χ0) is 19.4. The van der Waals surface area contributed by atoms with Gasteiger partial charge in [-0.3, -0.25) is 4.90 Å². The molecule has 8 bridgehead atoms. The number of hydrogen-bond acceptors (Lipinski definition) is 3. The lowest BCUT2D eigenvalue weighted by molar-refractivity contribution is -0.0903. The van der Waals surface area contributed by atoms with E-state index in [2.05, 4.69) is 24.0 Å². The predicted molar refractivity (Wildman–Crippen MR) is 111 cm³/mol. The molecule has 6 fully saturated rings. The number of allylic oxidation sites excluding steroid dienone is 1. The van der Waals surface area contributed by atoms with Crippen LogP contribution in [-0.4, -0.2) is 36.1 Å². The SMILES string of the molecule is C[C@@]12CCC[C@]34[C@@H]1[C@H]1C[C@@]5(CCOC(=O)c6ccccc6)[C@H](C=CC[C@H]53)[C@H]4N1C2. The third-order valence-electron chi connectivity index (χ3n) is 10.4. The molecule has 3 saturated carbocycles. The predicted octanol–water partition coefficient (Wildman–Crippen LogP) is 4.69. The second kappa shape index (κ2) is 5.35. The van der Waals surface area contributed by atoms with E-state index in [4.69, 9.17) is 4.74 Å². The van der Waals surface area contributed by atoms with Gasteiger partial charge in [-0.05, 0) is 78.2 Å². The lowest BCUT2D eigenvalue weighted by atomic mass is 9.45. The first-order chi connectivity index (χ1) is 14.1. The molecule has 0 radical (unpaired) electrons. The average Bonchev–Trinajstić information content (AvgIpc) is 3.11. The summed E-state index contributed by atoms with van der Waals surface area (Å²) in [5.41, 5.74) is 2.15. The average molecular weight is 390 g/mol. The summed E-state index contributed by atoms with van der Waals surface area (Å²) in [5, 5.41) is 0. The molecule has 29 heavy (non-hydrogen) atoms. The number of carbonyl (C=O) groups is 1. The van der Waals surface area contributed by atoms with E-state index >= 15 is 0 Å². The maximum Gasteiger partial charge on any atom is 0.338 e. The number of benzene rings is 1. The van der Waals surface area contributed by atoms with Crippen molar-refractivity contribution in [3.63, 3.8) is 0 Å². The van der Waals surface area contributed by atoms with Gasteiger partial charge in [-0.25, -0.2) is 4.79 Å². The molecule has 1 unspecified atom stereocenters. The van der Waals surface area contributed by atoms with E-state index in [0.29, 0.717) is 34.3 Å². The van der Waals surface area contributed by atoms with Crippen LogP contribution in [0.25, 0.3) is 0 Å². The Morgan fingerprint density at radius 2 is 2.10 bits per heavy atom. The number of rotatable bonds is 4. The Bertz CT molecular complexity index is 911. The fourth-order valence-electron chi connectivity index (χ4n) is 10.1. The highest BCUT2D eigenvalue weighted by molar-refractivity contribution is 5.89. The van der Waals surface area contributed by atoms with Gasteiger partial charge in [0.05, 0.1) is 12.2 Å². The molecule has 3 saturated heterocycles. The fourth-order valence-corrected chi connectivity index (χ4v) is 10.1. The third kappa shape index (κ3) is 1.80. The van der Waals surface area contributed by atoms with Gasteiger partial charge in [0.2, 0.25) is 0 Å². The van der Waals surface area contributed by atoms with Crippen molar-refractivity contribution in [3.8, 4) is 0 Å². The lowest BCUT2D eigenvalue weighted by Gasteiger charge is -2.58. The molecule has 4 aliphatic carbocycles. The molecule has 0 aromatic heterocycles. The number of piperidine rings is 2. The van der Waals surface area contributed by atoms with Gasteiger partial charge in [-0.15, -0.1) is 0 Å². The number of ether oxygens (including phenoxy) is 1. The Morgan fingerprint density at radius 3 is 2.97 bits per heavy atom. The van der Waals surface area contributed by atoms with Crippen molar-refractivity contribution in [1.82, 2.24) is 4.90 Å². The summed E-state index contributed by atoms with van der Waals surface area (Å²) >= 11 is 0. The minimum absolute atomic E-state index is 0.162. The van der Waals surface area contributed by atoms with E-state index in [1.807, 2.05) is 30.3 Å². The number of carbonyl (C=O) groups excluding carboxylic acids is 1. The van der Waals surface area contributed by atoms with E-state index < -0.39 is 0 Å². The van der Waals surface area contributed by atoms with Crippen molar-refractivity contribution in [3.05, 3.63) is 48.0 Å². The van der Waals surface area contributed by atoms with Crippen LogP contribution < -0.4 is 0 Å². The Hall–Kier alpha value is -1.61. The minimum atomic E-state index is -0.162. The molecule has 1 aromatic rings. The summed E-state index contributed by atoms with van der Waals surface area (Å²) in [6.07, 6.45) is 13.0. The van der Waals surface area contributed by atoms with Crippen LogP contribution in [0.15, 0.2) is 42.5 Å². The van der Waals surface area contributed by atoms with Gasteiger partial charge in [0.25, 0.3) is 0 Å². The summed E-state index contributed by atoms with van der Waals surface area (Å²) in [4.78, 5) is 15.5. The van der Waals surface area contributed by atoms with Crippen LogP contribution in [0.3, 0.4) is 0 Å². The maximum absolute atomic E-state index is 12.5. The van der Waals surface area contributed by atoms with Crippen molar-refractivity contribution in [1.29, 1.82) is 0 Å². The first kappa shape index (κ1) is 17.1. The molecule has 0 amide bonds. The molecule has 9 atom stereocenters. The normalized spacial score (nSPS) is 52.2. The molecule has 0 N–H and O–H groups in total. The number of hydrogen-bond donors (Lipinski definition) is 0. The van der Waals surface area contributed by atoms with Gasteiger partial charge in [0, 0.05) is 18.6 Å². The number of esters is 1. The van der Waals surface area contributed by atoms with Gasteiger partial charge in [-0.2, -0.15) is 0 Å². The summed E-state index contributed by atoms with van der Waals surface area (Å²) in [6, 6.07) is 11.0. The molecular weight excluding hydrogens is 358 g/mol. The summed E-state index contributed by atoms with van der Waals surface area (Å²) in [6.45, 7) is 4.52. The van der Waals surface area contributed by atoms with Crippen LogP contribution in [-0.2, 0) is 4.74 Å². The summed E-state index contributed by atoms with van der Waals surface area (Å²) in [7, 11) is 0. The maximum atomic E-state index is 12.5. The van der Waals surface area contributed by atoms with Gasteiger partial charge < -0.3 is 4.74 Å². The monoisotopic (exact) mass is 389 g/mol. The Balaban J connectivity index is 1.19. The lowest BCUT2D eigenvalue weighted by Crippen LogP contribution is -2.56. The summed E-state index contributed by atoms with van der Waals surface area (Å²) in [5.74, 6) is 2.24. The zero-order valence-corrected chi connectivity index (χ0v) is 17.3. The van der Waals surface area contributed by atoms with Gasteiger partial charge in [0.1, 0.15) is 0 Å². The topological polar surface area (TPSA) is 29.5 Å². The quantitative estimate of drug-likeness (QED) is 0.553. The highest BCUT2D eigenvalue weighted by Crippen LogP contribution is 2.83. The number of nitrogens with zero attached hydrogens (tertiary/aromatic N) is 1. The van der Waals surface area contributed by atoms with E-state index in [1.165, 1.54) is 38.6 Å². The molecule has 1 spiro atoms. The smallest absolute Gasteiger partial charge is 0.338 e. The van der Waals surface area contributed by atoms with Crippen LogP contribution in [0.2, 0.25) is 0 Å². The molecule has 152 valence electrons. The zero-order valence-electron chi connectivity index (χ0n) is 17.3. The largest absolute Gasteiger partial charge is 0.462 e. The second-order valence-electron chi connectivity index (χ2n) is 11.2. The van der Waals surface area contributed by atoms with Crippen molar-refractivity contribution < 1.29 is 9.53 Å². The molecule has 3 heterocycles. The second-order valence-corrected chi connectivity index (χ2v) is 11.2. The van der Waals surface area contributed by atoms with Crippen LogP contribution >= 0.6 is 0 Å². The van der Waals surface area contributed by atoms with Crippen LogP contribution in [0.4, 0.5) is 0 Å². The molecule has 3 heteroatoms. The molecule has 8 rings (SSSR count). The fraction of sp³-hybridized carbons (Fsp3) is 0.654. The van der Waals surface area contributed by atoms with Gasteiger partial charge in [-0.1, -0.05) is 43.7 Å². The van der Waals surface area contributed by atoms with Crippen molar-refractivity contribution in [2.75, 3.05) is 13.2 Å². The minimum Gasteiger partial charge on any atom is -0.462 e. The van der Waals surface area contributed by atoms with E-state index in [0.717, 1.165) is 30.3 Å². The van der Waals surface area contributed by atoms with E-state index in [1.54, 1.807) is 0 Å². The van der Waals surface area contributed by atoms with E-state index in [9.17, 15) is 4.79 Å². The summed E-state index contributed by atoms with van der Waals surface area (Å²) < 4.78 is 5.81. The van der Waals surface area contributed by atoms with Crippen LogP contribution in [0.5, 0.6) is 0 Å². The van der Waals surface area contributed by atoms with E-state index in [-0.39, 0.29) is 5.97 Å². The highest BCUT2D eigenvalue weighted by atomic mass is 16.5. The Kier molecular flexibility index (Phi) is 3.16. The standard InChI is InChI=1S/C26H31NO2/c1-24-11-6-12-26-20-10-5-9-18-22(26)27(16-24)19(21(24)26)15-25(18,20)13-14-29-23(28)17-7-3-2-4-8-17/h2-5,7-9,18-22H,6,10-16H2,1H3/t18-,19-,20-,21-,22-,24+,25+,26-/m1/s1. The first-order valence-electron chi connectivity index (χ1n) is 11.7. The first-order valence-corrected chi connectivity index (χ1v) is 11.7. The third-order valence-corrected chi connectivity index (χ3v) is 10.4. The molecule has 3 nitrogen and oxygen atoms in total. The van der Waals surface area contributed by atoms with Crippen LogP contribution in [0.1, 0.15) is 55.8 Å². The molecule has 1 aromatic carbocycles. The Morgan fingerprint density at radius 1 is 1.24 bits per heavy atom. The van der Waals surface area contributed by atoms with Gasteiger partial charge in [0.15, 0.2) is 0 Å². The van der Waals surface area contributed by atoms with Gasteiger partial charge >= 0.3 is 5.97 Å². The van der Waals surface area contributed by atoms with Crippen LogP contribution in [0, 0.1) is 34.0 Å². The molecule has 7 aliphatic rings. The van der Waals surface area contributed by atoms with Crippen molar-refractivity contribution in [2.45, 2.75) is 57.5 Å². The van der Waals surface area contributed by atoms with Crippen molar-refractivity contribution in [2.24, 2.45) is 34.0 Å².